The SMILES string of the molecule is COC(=O)/C=C(/Nc1ccc(N2CCN(c3cccc(C(F)(F)F)c3)CC2)cc1)C(=O)OC. The second kappa shape index (κ2) is 10.3. The first-order valence-corrected chi connectivity index (χ1v) is 10.1. The summed E-state index contributed by atoms with van der Waals surface area (Å²) in [7, 11) is 2.41. The van der Waals surface area contributed by atoms with E-state index in [1.54, 1.807) is 18.2 Å². The molecule has 2 aromatic carbocycles. The Bertz CT molecular complexity index is 1010. The summed E-state index contributed by atoms with van der Waals surface area (Å²) < 4.78 is 48.2. The smallest absolute Gasteiger partial charge is 0.416 e. The number of benzene rings is 2. The fourth-order valence-electron chi connectivity index (χ4n) is 3.45. The second-order valence-electron chi connectivity index (χ2n) is 7.27. The number of alkyl halides is 3. The first-order valence-electron chi connectivity index (χ1n) is 10.1. The predicted octanol–water partition coefficient (Wildman–Crippen LogP) is 3.67. The molecule has 0 amide bonds. The Balaban J connectivity index is 1.63. The van der Waals surface area contributed by atoms with Crippen molar-refractivity contribution in [2.24, 2.45) is 0 Å². The van der Waals surface area contributed by atoms with E-state index in [9.17, 15) is 22.8 Å². The van der Waals surface area contributed by atoms with Crippen LogP contribution in [0.15, 0.2) is 60.3 Å². The summed E-state index contributed by atoms with van der Waals surface area (Å²) in [5.41, 5.74) is 1.34. The van der Waals surface area contributed by atoms with Crippen LogP contribution in [0.25, 0.3) is 0 Å². The molecule has 0 radical (unpaired) electrons. The van der Waals surface area contributed by atoms with Gasteiger partial charge in [-0.15, -0.1) is 0 Å². The summed E-state index contributed by atoms with van der Waals surface area (Å²) in [5, 5.41) is 2.84. The zero-order valence-electron chi connectivity index (χ0n) is 18.2. The molecule has 1 heterocycles. The van der Waals surface area contributed by atoms with Gasteiger partial charge >= 0.3 is 18.1 Å². The van der Waals surface area contributed by atoms with Gasteiger partial charge in [0.2, 0.25) is 0 Å². The molecule has 3 rings (SSSR count). The molecule has 0 aliphatic carbocycles. The van der Waals surface area contributed by atoms with Gasteiger partial charge in [-0.3, -0.25) is 0 Å². The van der Waals surface area contributed by atoms with Crippen LogP contribution in [0.4, 0.5) is 30.2 Å². The van der Waals surface area contributed by atoms with Crippen LogP contribution in [0.2, 0.25) is 0 Å². The van der Waals surface area contributed by atoms with Crippen LogP contribution >= 0.6 is 0 Å². The van der Waals surface area contributed by atoms with Crippen LogP contribution in [0.3, 0.4) is 0 Å². The standard InChI is InChI=1S/C23H24F3N3O4/c1-32-21(30)15-20(22(31)33-2)27-17-6-8-18(9-7-17)28-10-12-29(13-11-28)19-5-3-4-16(14-19)23(24,25)26/h3-9,14-15,27H,10-13H2,1-2H3/b20-15+. The molecule has 2 aromatic rings. The van der Waals surface area contributed by atoms with Crippen LogP contribution in [-0.2, 0) is 25.2 Å². The summed E-state index contributed by atoms with van der Waals surface area (Å²) >= 11 is 0. The third-order valence-corrected chi connectivity index (χ3v) is 5.20. The Morgan fingerprint density at radius 2 is 1.52 bits per heavy atom. The Morgan fingerprint density at radius 1 is 0.909 bits per heavy atom. The van der Waals surface area contributed by atoms with E-state index in [-0.39, 0.29) is 5.70 Å². The molecule has 0 saturated carbocycles. The zero-order chi connectivity index (χ0) is 24.0. The van der Waals surface area contributed by atoms with E-state index in [1.807, 2.05) is 17.0 Å². The highest BCUT2D eigenvalue weighted by atomic mass is 19.4. The third-order valence-electron chi connectivity index (χ3n) is 5.20. The quantitative estimate of drug-likeness (QED) is 0.518. The Kier molecular flexibility index (Phi) is 7.47. The van der Waals surface area contributed by atoms with Gasteiger partial charge in [-0.1, -0.05) is 6.07 Å². The highest BCUT2D eigenvalue weighted by Gasteiger charge is 2.31. The molecule has 10 heteroatoms. The molecule has 0 spiro atoms. The van der Waals surface area contributed by atoms with E-state index in [0.717, 1.165) is 17.8 Å². The van der Waals surface area contributed by atoms with Crippen LogP contribution in [0.1, 0.15) is 5.56 Å². The summed E-state index contributed by atoms with van der Waals surface area (Å²) in [6.07, 6.45) is -3.36. The van der Waals surface area contributed by atoms with Crippen molar-refractivity contribution in [3.63, 3.8) is 0 Å². The molecule has 0 unspecified atom stereocenters. The molecular formula is C23H24F3N3O4. The Hall–Kier alpha value is -3.69. The number of hydrogen-bond donors (Lipinski definition) is 1. The summed E-state index contributed by atoms with van der Waals surface area (Å²) in [6.45, 7) is 2.43. The number of esters is 2. The lowest BCUT2D eigenvalue weighted by Crippen LogP contribution is -2.46. The number of anilines is 3. The number of carbonyl (C=O) groups excluding carboxylic acids is 2. The predicted molar refractivity (Wildman–Crippen MR) is 118 cm³/mol. The maximum Gasteiger partial charge on any atom is 0.416 e. The number of methoxy groups -OCH3 is 2. The van der Waals surface area contributed by atoms with Crippen LogP contribution in [-0.4, -0.2) is 52.3 Å². The number of rotatable bonds is 6. The molecule has 33 heavy (non-hydrogen) atoms. The van der Waals surface area contributed by atoms with Gasteiger partial charge in [0, 0.05) is 43.2 Å². The average molecular weight is 463 g/mol. The second-order valence-corrected chi connectivity index (χ2v) is 7.27. The van der Waals surface area contributed by atoms with Crippen molar-refractivity contribution in [1.82, 2.24) is 0 Å². The highest BCUT2D eigenvalue weighted by molar-refractivity contribution is 5.98. The van der Waals surface area contributed by atoms with Crippen molar-refractivity contribution in [3.8, 4) is 0 Å². The van der Waals surface area contributed by atoms with E-state index in [4.69, 9.17) is 0 Å². The Labute approximate surface area is 189 Å². The largest absolute Gasteiger partial charge is 0.466 e. The molecule has 176 valence electrons. The molecule has 1 aliphatic rings. The number of hydrogen-bond acceptors (Lipinski definition) is 7. The van der Waals surface area contributed by atoms with Gasteiger partial charge in [-0.2, -0.15) is 13.2 Å². The normalized spacial score (nSPS) is 14.6. The minimum absolute atomic E-state index is 0.0631. The Morgan fingerprint density at radius 3 is 2.06 bits per heavy atom. The monoisotopic (exact) mass is 463 g/mol. The highest BCUT2D eigenvalue weighted by Crippen LogP contribution is 2.32. The maximum atomic E-state index is 13.0. The number of ether oxygens (including phenoxy) is 2. The minimum atomic E-state index is -4.37. The first kappa shape index (κ1) is 24.0. The van der Waals surface area contributed by atoms with Gasteiger partial charge in [0.25, 0.3) is 0 Å². The average Bonchev–Trinajstić information content (AvgIpc) is 2.83. The van der Waals surface area contributed by atoms with E-state index >= 15 is 0 Å². The van der Waals surface area contributed by atoms with Gasteiger partial charge < -0.3 is 24.6 Å². The van der Waals surface area contributed by atoms with E-state index in [2.05, 4.69) is 19.7 Å². The summed E-state index contributed by atoms with van der Waals surface area (Å²) in [5.74, 6) is -1.41. The van der Waals surface area contributed by atoms with Gasteiger partial charge in [-0.25, -0.2) is 9.59 Å². The van der Waals surface area contributed by atoms with E-state index in [0.29, 0.717) is 37.6 Å². The molecule has 7 nitrogen and oxygen atoms in total. The molecule has 1 aliphatic heterocycles. The fraction of sp³-hybridized carbons (Fsp3) is 0.304. The fourth-order valence-corrected chi connectivity index (χ4v) is 3.45. The maximum absolute atomic E-state index is 13.0. The van der Waals surface area contributed by atoms with Crippen molar-refractivity contribution >= 4 is 29.0 Å². The van der Waals surface area contributed by atoms with E-state index < -0.39 is 23.7 Å². The summed E-state index contributed by atoms with van der Waals surface area (Å²) in [4.78, 5) is 27.4. The van der Waals surface area contributed by atoms with Crippen molar-refractivity contribution in [2.45, 2.75) is 6.18 Å². The lowest BCUT2D eigenvalue weighted by molar-refractivity contribution is -0.138. The van der Waals surface area contributed by atoms with Gasteiger partial charge in [0.15, 0.2) is 0 Å². The third kappa shape index (κ3) is 6.18. The van der Waals surface area contributed by atoms with Crippen molar-refractivity contribution in [2.75, 3.05) is 55.5 Å². The molecule has 1 saturated heterocycles. The number of nitrogens with one attached hydrogen (secondary N) is 1. The molecule has 0 aromatic heterocycles. The number of piperazine rings is 1. The van der Waals surface area contributed by atoms with Crippen molar-refractivity contribution < 1.29 is 32.2 Å². The summed E-state index contributed by atoms with van der Waals surface area (Å²) in [6, 6.07) is 12.6. The molecule has 0 bridgehead atoms. The first-order chi connectivity index (χ1) is 15.7. The van der Waals surface area contributed by atoms with E-state index in [1.165, 1.54) is 26.4 Å². The molecular weight excluding hydrogens is 439 g/mol. The number of halogens is 3. The lowest BCUT2D eigenvalue weighted by atomic mass is 10.1. The number of nitrogens with zero attached hydrogens (tertiary/aromatic N) is 2. The molecule has 1 N–H and O–H groups in total. The van der Waals surface area contributed by atoms with Gasteiger partial charge in [0.1, 0.15) is 5.70 Å². The lowest BCUT2D eigenvalue weighted by Gasteiger charge is -2.37. The topological polar surface area (TPSA) is 71.1 Å². The van der Waals surface area contributed by atoms with Crippen LogP contribution in [0, 0.1) is 0 Å². The van der Waals surface area contributed by atoms with Crippen LogP contribution in [0.5, 0.6) is 0 Å². The zero-order valence-corrected chi connectivity index (χ0v) is 18.2. The number of carbonyl (C=O) groups is 2. The van der Waals surface area contributed by atoms with Crippen molar-refractivity contribution in [1.29, 1.82) is 0 Å². The van der Waals surface area contributed by atoms with Crippen LogP contribution < -0.4 is 15.1 Å². The molecule has 1 fully saturated rings. The minimum Gasteiger partial charge on any atom is -0.466 e. The van der Waals surface area contributed by atoms with Gasteiger partial charge in [0.05, 0.1) is 25.9 Å². The molecule has 0 atom stereocenters. The van der Waals surface area contributed by atoms with Crippen molar-refractivity contribution in [3.05, 3.63) is 65.9 Å². The van der Waals surface area contributed by atoms with Gasteiger partial charge in [-0.05, 0) is 42.5 Å².